The molecule has 7 nitrogen and oxygen atoms in total. The Labute approximate surface area is 149 Å². The molecule has 0 radical (unpaired) electrons. The third kappa shape index (κ3) is 3.26. The van der Waals surface area contributed by atoms with Crippen molar-refractivity contribution in [1.82, 2.24) is 25.1 Å². The lowest BCUT2D eigenvalue weighted by Gasteiger charge is -2.36. The van der Waals surface area contributed by atoms with Crippen LogP contribution in [-0.4, -0.2) is 57.2 Å². The first-order chi connectivity index (χ1) is 12.7. The molecule has 1 aliphatic heterocycles. The number of benzene rings is 2. The number of hydrogen-bond acceptors (Lipinski definition) is 5. The number of halogens is 1. The van der Waals surface area contributed by atoms with Crippen LogP contribution in [0.1, 0.15) is 10.4 Å². The predicted octanol–water partition coefficient (Wildman–Crippen LogP) is 1.76. The molecule has 0 N–H and O–H groups in total. The number of amides is 1. The molecule has 0 saturated carbocycles. The van der Waals surface area contributed by atoms with Crippen LogP contribution in [0.3, 0.4) is 0 Å². The van der Waals surface area contributed by atoms with Gasteiger partial charge in [-0.1, -0.05) is 6.07 Å². The van der Waals surface area contributed by atoms with E-state index in [0.29, 0.717) is 31.7 Å². The summed E-state index contributed by atoms with van der Waals surface area (Å²) >= 11 is 0. The quantitative estimate of drug-likeness (QED) is 0.719. The fourth-order valence-corrected chi connectivity index (χ4v) is 3.06. The minimum Gasteiger partial charge on any atom is -0.368 e. The van der Waals surface area contributed by atoms with Gasteiger partial charge in [0, 0.05) is 37.4 Å². The average molecular weight is 352 g/mol. The molecule has 1 amide bonds. The van der Waals surface area contributed by atoms with Crippen LogP contribution in [0.2, 0.25) is 0 Å². The molecule has 26 heavy (non-hydrogen) atoms. The summed E-state index contributed by atoms with van der Waals surface area (Å²) in [5, 5.41) is 11.1. The van der Waals surface area contributed by atoms with Gasteiger partial charge >= 0.3 is 0 Å². The van der Waals surface area contributed by atoms with Crippen molar-refractivity contribution in [2.45, 2.75) is 0 Å². The second-order valence-electron chi connectivity index (χ2n) is 6.06. The first-order valence-corrected chi connectivity index (χ1v) is 8.34. The van der Waals surface area contributed by atoms with Crippen molar-refractivity contribution in [3.05, 3.63) is 66.2 Å². The Kier molecular flexibility index (Phi) is 4.30. The van der Waals surface area contributed by atoms with Crippen molar-refractivity contribution >= 4 is 11.6 Å². The van der Waals surface area contributed by atoms with E-state index in [1.54, 1.807) is 24.3 Å². The summed E-state index contributed by atoms with van der Waals surface area (Å²) < 4.78 is 14.6. The molecule has 1 aromatic heterocycles. The highest BCUT2D eigenvalue weighted by Crippen LogP contribution is 2.18. The molecule has 1 aliphatic rings. The second-order valence-corrected chi connectivity index (χ2v) is 6.06. The number of carbonyl (C=O) groups excluding carboxylic acids is 1. The lowest BCUT2D eigenvalue weighted by molar-refractivity contribution is 0.0746. The minimum atomic E-state index is -0.245. The van der Waals surface area contributed by atoms with Gasteiger partial charge in [0.1, 0.15) is 12.1 Å². The molecule has 1 saturated heterocycles. The monoisotopic (exact) mass is 352 g/mol. The number of rotatable bonds is 3. The highest BCUT2D eigenvalue weighted by molar-refractivity contribution is 5.95. The maximum Gasteiger partial charge on any atom is 0.254 e. The van der Waals surface area contributed by atoms with Gasteiger partial charge in [0.25, 0.3) is 5.91 Å². The Balaban J connectivity index is 1.44. The van der Waals surface area contributed by atoms with Crippen molar-refractivity contribution in [1.29, 1.82) is 0 Å². The topological polar surface area (TPSA) is 67.2 Å². The van der Waals surface area contributed by atoms with E-state index in [-0.39, 0.29) is 11.7 Å². The molecular formula is C18H17FN6O. The summed E-state index contributed by atoms with van der Waals surface area (Å²) in [7, 11) is 0. The molecule has 2 aromatic carbocycles. The van der Waals surface area contributed by atoms with E-state index >= 15 is 0 Å². The van der Waals surface area contributed by atoms with Crippen LogP contribution in [0.5, 0.6) is 0 Å². The fourth-order valence-electron chi connectivity index (χ4n) is 3.06. The Hall–Kier alpha value is -3.29. The Morgan fingerprint density at radius 1 is 0.962 bits per heavy atom. The molecule has 0 unspecified atom stereocenters. The maximum atomic E-state index is 13.1. The molecule has 132 valence electrons. The van der Waals surface area contributed by atoms with Crippen LogP contribution in [-0.2, 0) is 0 Å². The van der Waals surface area contributed by atoms with Gasteiger partial charge in [0.2, 0.25) is 0 Å². The average Bonchev–Trinajstić information content (AvgIpc) is 3.23. The van der Waals surface area contributed by atoms with E-state index < -0.39 is 0 Å². The van der Waals surface area contributed by atoms with Crippen LogP contribution in [0.15, 0.2) is 54.9 Å². The lowest BCUT2D eigenvalue weighted by atomic mass is 10.1. The van der Waals surface area contributed by atoms with Crippen LogP contribution < -0.4 is 4.90 Å². The summed E-state index contributed by atoms with van der Waals surface area (Å²) in [4.78, 5) is 16.8. The summed E-state index contributed by atoms with van der Waals surface area (Å²) in [5.41, 5.74) is 2.32. The van der Waals surface area contributed by atoms with Gasteiger partial charge in [0.15, 0.2) is 0 Å². The van der Waals surface area contributed by atoms with Crippen LogP contribution >= 0.6 is 0 Å². The van der Waals surface area contributed by atoms with E-state index in [2.05, 4.69) is 20.4 Å². The highest BCUT2D eigenvalue weighted by atomic mass is 19.1. The molecule has 1 fully saturated rings. The highest BCUT2D eigenvalue weighted by Gasteiger charge is 2.22. The van der Waals surface area contributed by atoms with Gasteiger partial charge in [-0.25, -0.2) is 9.07 Å². The first kappa shape index (κ1) is 16.2. The fraction of sp³-hybridized carbons (Fsp3) is 0.222. The molecule has 3 aromatic rings. The molecule has 0 spiro atoms. The molecule has 0 bridgehead atoms. The number of carbonyl (C=O) groups is 1. The van der Waals surface area contributed by atoms with Crippen molar-refractivity contribution in [3.8, 4) is 5.69 Å². The normalized spacial score (nSPS) is 14.5. The summed E-state index contributed by atoms with van der Waals surface area (Å²) in [5.74, 6) is -0.260. The first-order valence-electron chi connectivity index (χ1n) is 8.34. The van der Waals surface area contributed by atoms with Gasteiger partial charge in [-0.15, -0.1) is 5.10 Å². The smallest absolute Gasteiger partial charge is 0.254 e. The third-order valence-electron chi connectivity index (χ3n) is 4.47. The zero-order chi connectivity index (χ0) is 17.9. The SMILES string of the molecule is O=C(c1cccc(-n2cnnn2)c1)N1CCN(c2ccc(F)cc2)CC1. The van der Waals surface area contributed by atoms with Gasteiger partial charge in [0.05, 0.1) is 5.69 Å². The third-order valence-corrected chi connectivity index (χ3v) is 4.47. The molecule has 0 aliphatic carbocycles. The number of nitrogens with zero attached hydrogens (tertiary/aromatic N) is 6. The van der Waals surface area contributed by atoms with E-state index in [1.807, 2.05) is 17.0 Å². The Morgan fingerprint density at radius 2 is 1.73 bits per heavy atom. The number of piperazine rings is 1. The van der Waals surface area contributed by atoms with Crippen LogP contribution in [0.25, 0.3) is 5.69 Å². The number of hydrogen-bond donors (Lipinski definition) is 0. The van der Waals surface area contributed by atoms with Gasteiger partial charge in [-0.2, -0.15) is 0 Å². The van der Waals surface area contributed by atoms with E-state index in [0.717, 1.165) is 11.4 Å². The molecule has 0 atom stereocenters. The van der Waals surface area contributed by atoms with Crippen molar-refractivity contribution in [2.75, 3.05) is 31.1 Å². The van der Waals surface area contributed by atoms with Gasteiger partial charge in [-0.3, -0.25) is 4.79 Å². The zero-order valence-corrected chi connectivity index (χ0v) is 14.0. The lowest BCUT2D eigenvalue weighted by Crippen LogP contribution is -2.48. The standard InChI is InChI=1S/C18H17FN6O/c19-15-4-6-16(7-5-15)23-8-10-24(11-9-23)18(26)14-2-1-3-17(12-14)25-13-20-21-22-25/h1-7,12-13H,8-11H2. The second kappa shape index (κ2) is 6.91. The molecule has 2 heterocycles. The summed E-state index contributed by atoms with van der Waals surface area (Å²) in [6, 6.07) is 13.7. The number of anilines is 1. The molecular weight excluding hydrogens is 335 g/mol. The predicted molar refractivity (Wildman–Crippen MR) is 93.7 cm³/mol. The maximum absolute atomic E-state index is 13.1. The Morgan fingerprint density at radius 3 is 2.42 bits per heavy atom. The molecule has 4 rings (SSSR count). The van der Waals surface area contributed by atoms with Crippen LogP contribution in [0.4, 0.5) is 10.1 Å². The van der Waals surface area contributed by atoms with Gasteiger partial charge in [-0.05, 0) is 52.9 Å². The molecule has 8 heteroatoms. The van der Waals surface area contributed by atoms with E-state index in [1.165, 1.54) is 23.1 Å². The van der Waals surface area contributed by atoms with Crippen molar-refractivity contribution in [2.24, 2.45) is 0 Å². The van der Waals surface area contributed by atoms with Crippen molar-refractivity contribution < 1.29 is 9.18 Å². The minimum absolute atomic E-state index is 0.0151. The van der Waals surface area contributed by atoms with E-state index in [9.17, 15) is 9.18 Å². The zero-order valence-electron chi connectivity index (χ0n) is 14.0. The number of aromatic nitrogens is 4. The Bertz CT molecular complexity index is 888. The van der Waals surface area contributed by atoms with Gasteiger partial charge < -0.3 is 9.80 Å². The summed E-state index contributed by atoms with van der Waals surface area (Å²) in [6.07, 6.45) is 1.49. The van der Waals surface area contributed by atoms with Crippen molar-refractivity contribution in [3.63, 3.8) is 0 Å². The van der Waals surface area contributed by atoms with Crippen LogP contribution in [0, 0.1) is 5.82 Å². The van der Waals surface area contributed by atoms with E-state index in [4.69, 9.17) is 0 Å². The number of tetrazole rings is 1. The summed E-state index contributed by atoms with van der Waals surface area (Å²) in [6.45, 7) is 2.66. The largest absolute Gasteiger partial charge is 0.368 e.